The number of halogens is 1. The number of methoxy groups -OCH3 is 1. The van der Waals surface area contributed by atoms with E-state index in [2.05, 4.69) is 10.6 Å². The third-order valence-corrected chi connectivity index (χ3v) is 2.15. The SMILES string of the molecule is COCC(=O)Nc1ccccc1C(=O)NCCN.Cl. The van der Waals surface area contributed by atoms with Crippen molar-refractivity contribution in [2.24, 2.45) is 5.73 Å². The molecule has 0 spiro atoms. The average Bonchev–Trinajstić information content (AvgIpc) is 2.37. The van der Waals surface area contributed by atoms with Crippen LogP contribution < -0.4 is 16.4 Å². The lowest BCUT2D eigenvalue weighted by molar-refractivity contribution is -0.119. The van der Waals surface area contributed by atoms with E-state index in [0.717, 1.165) is 0 Å². The molecule has 2 amide bonds. The molecule has 1 aromatic rings. The van der Waals surface area contributed by atoms with Crippen molar-refractivity contribution in [2.45, 2.75) is 0 Å². The van der Waals surface area contributed by atoms with Crippen LogP contribution in [0.3, 0.4) is 0 Å². The van der Waals surface area contributed by atoms with Crippen molar-refractivity contribution >= 4 is 29.9 Å². The Hall–Kier alpha value is -1.63. The fraction of sp³-hybridized carbons (Fsp3) is 0.333. The number of hydrogen-bond donors (Lipinski definition) is 3. The summed E-state index contributed by atoms with van der Waals surface area (Å²) in [5.74, 6) is -0.578. The summed E-state index contributed by atoms with van der Waals surface area (Å²) in [4.78, 5) is 23.2. The summed E-state index contributed by atoms with van der Waals surface area (Å²) >= 11 is 0. The Balaban J connectivity index is 0.00000324. The lowest BCUT2D eigenvalue weighted by atomic mass is 10.1. The van der Waals surface area contributed by atoms with Gasteiger partial charge in [-0.2, -0.15) is 0 Å². The molecule has 0 aliphatic rings. The van der Waals surface area contributed by atoms with Gasteiger partial charge in [-0.05, 0) is 12.1 Å². The summed E-state index contributed by atoms with van der Waals surface area (Å²) < 4.78 is 4.71. The highest BCUT2D eigenvalue weighted by atomic mass is 35.5. The molecule has 0 aliphatic heterocycles. The predicted molar refractivity (Wildman–Crippen MR) is 75.6 cm³/mol. The summed E-state index contributed by atoms with van der Waals surface area (Å²) in [6.07, 6.45) is 0. The first-order valence-electron chi connectivity index (χ1n) is 5.55. The van der Waals surface area contributed by atoms with Crippen LogP contribution in [-0.2, 0) is 9.53 Å². The Morgan fingerprint density at radius 2 is 2.00 bits per heavy atom. The molecule has 0 saturated carbocycles. The van der Waals surface area contributed by atoms with Crippen molar-refractivity contribution in [3.8, 4) is 0 Å². The smallest absolute Gasteiger partial charge is 0.253 e. The second-order valence-corrected chi connectivity index (χ2v) is 3.57. The van der Waals surface area contributed by atoms with Crippen LogP contribution in [0.4, 0.5) is 5.69 Å². The summed E-state index contributed by atoms with van der Waals surface area (Å²) in [6, 6.07) is 6.75. The third-order valence-electron chi connectivity index (χ3n) is 2.15. The average molecular weight is 288 g/mol. The van der Waals surface area contributed by atoms with Gasteiger partial charge in [-0.3, -0.25) is 9.59 Å². The summed E-state index contributed by atoms with van der Waals surface area (Å²) in [5.41, 5.74) is 6.16. The monoisotopic (exact) mass is 287 g/mol. The number of benzene rings is 1. The molecular formula is C12H18ClN3O3. The Bertz CT molecular complexity index is 426. The fourth-order valence-corrected chi connectivity index (χ4v) is 1.39. The van der Waals surface area contributed by atoms with Crippen LogP contribution in [0.2, 0.25) is 0 Å². The first-order valence-corrected chi connectivity index (χ1v) is 5.55. The van der Waals surface area contributed by atoms with Gasteiger partial charge in [0.05, 0.1) is 11.3 Å². The predicted octanol–water partition coefficient (Wildman–Crippen LogP) is 0.382. The Morgan fingerprint density at radius 3 is 2.63 bits per heavy atom. The molecule has 0 fully saturated rings. The molecule has 1 rings (SSSR count). The van der Waals surface area contributed by atoms with E-state index in [0.29, 0.717) is 24.3 Å². The Kier molecular flexibility index (Phi) is 8.52. The summed E-state index contributed by atoms with van der Waals surface area (Å²) in [5, 5.41) is 5.26. The maximum Gasteiger partial charge on any atom is 0.253 e. The van der Waals surface area contributed by atoms with Gasteiger partial charge in [0.1, 0.15) is 6.61 Å². The number of carbonyl (C=O) groups excluding carboxylic acids is 2. The molecule has 19 heavy (non-hydrogen) atoms. The number of rotatable bonds is 6. The zero-order valence-electron chi connectivity index (χ0n) is 10.6. The van der Waals surface area contributed by atoms with E-state index >= 15 is 0 Å². The maximum absolute atomic E-state index is 11.8. The minimum absolute atomic E-state index is 0. The van der Waals surface area contributed by atoms with Gasteiger partial charge in [0.25, 0.3) is 5.91 Å². The van der Waals surface area contributed by atoms with E-state index in [-0.39, 0.29) is 30.8 Å². The highest BCUT2D eigenvalue weighted by Gasteiger charge is 2.12. The van der Waals surface area contributed by atoms with Gasteiger partial charge in [-0.1, -0.05) is 12.1 Å². The number of ether oxygens (including phenoxy) is 1. The Labute approximate surface area is 118 Å². The van der Waals surface area contributed by atoms with Crippen LogP contribution in [0, 0.1) is 0 Å². The number of nitrogens with one attached hydrogen (secondary N) is 2. The molecule has 6 nitrogen and oxygen atoms in total. The van der Waals surface area contributed by atoms with Gasteiger partial charge in [-0.15, -0.1) is 12.4 Å². The quantitative estimate of drug-likeness (QED) is 0.705. The van der Waals surface area contributed by atoms with Crippen LogP contribution >= 0.6 is 12.4 Å². The molecule has 1 aromatic carbocycles. The van der Waals surface area contributed by atoms with Crippen LogP contribution in [-0.4, -0.2) is 38.6 Å². The molecule has 0 saturated heterocycles. The number of carbonyl (C=O) groups is 2. The minimum Gasteiger partial charge on any atom is -0.375 e. The van der Waals surface area contributed by atoms with E-state index in [1.807, 2.05) is 0 Å². The van der Waals surface area contributed by atoms with Crippen molar-refractivity contribution in [2.75, 3.05) is 32.1 Å². The van der Waals surface area contributed by atoms with Gasteiger partial charge < -0.3 is 21.1 Å². The fourth-order valence-electron chi connectivity index (χ4n) is 1.39. The van der Waals surface area contributed by atoms with Gasteiger partial charge in [0.15, 0.2) is 0 Å². The van der Waals surface area contributed by atoms with Gasteiger partial charge in [-0.25, -0.2) is 0 Å². The topological polar surface area (TPSA) is 93.4 Å². The number of nitrogens with two attached hydrogens (primary N) is 1. The first kappa shape index (κ1) is 17.4. The molecule has 7 heteroatoms. The summed E-state index contributed by atoms with van der Waals surface area (Å²) in [7, 11) is 1.43. The molecule has 0 aromatic heterocycles. The molecule has 0 heterocycles. The van der Waals surface area contributed by atoms with Crippen molar-refractivity contribution in [1.82, 2.24) is 5.32 Å². The van der Waals surface area contributed by atoms with E-state index in [1.165, 1.54) is 7.11 Å². The molecule has 0 atom stereocenters. The molecule has 106 valence electrons. The lowest BCUT2D eigenvalue weighted by Gasteiger charge is -2.10. The highest BCUT2D eigenvalue weighted by molar-refractivity contribution is 6.03. The maximum atomic E-state index is 11.8. The number of para-hydroxylation sites is 1. The van der Waals surface area contributed by atoms with E-state index in [9.17, 15) is 9.59 Å². The van der Waals surface area contributed by atoms with E-state index in [4.69, 9.17) is 10.5 Å². The van der Waals surface area contributed by atoms with Crippen molar-refractivity contribution in [3.63, 3.8) is 0 Å². The second kappa shape index (κ2) is 9.32. The molecule has 0 unspecified atom stereocenters. The molecule has 0 radical (unpaired) electrons. The van der Waals surface area contributed by atoms with Crippen LogP contribution in [0.5, 0.6) is 0 Å². The summed E-state index contributed by atoms with van der Waals surface area (Å²) in [6.45, 7) is 0.696. The number of amides is 2. The molecule has 0 bridgehead atoms. The zero-order valence-corrected chi connectivity index (χ0v) is 11.5. The third kappa shape index (κ3) is 5.69. The molecule has 0 aliphatic carbocycles. The van der Waals surface area contributed by atoms with Gasteiger partial charge >= 0.3 is 0 Å². The zero-order chi connectivity index (χ0) is 13.4. The van der Waals surface area contributed by atoms with Crippen molar-refractivity contribution in [1.29, 1.82) is 0 Å². The van der Waals surface area contributed by atoms with Gasteiger partial charge in [0.2, 0.25) is 5.91 Å². The first-order chi connectivity index (χ1) is 8.69. The van der Waals surface area contributed by atoms with Crippen LogP contribution in [0.15, 0.2) is 24.3 Å². The molecular weight excluding hydrogens is 270 g/mol. The van der Waals surface area contributed by atoms with Crippen molar-refractivity contribution in [3.05, 3.63) is 29.8 Å². The number of anilines is 1. The molecule has 4 N–H and O–H groups in total. The van der Waals surface area contributed by atoms with Crippen LogP contribution in [0.25, 0.3) is 0 Å². The number of hydrogen-bond acceptors (Lipinski definition) is 4. The second-order valence-electron chi connectivity index (χ2n) is 3.57. The van der Waals surface area contributed by atoms with Crippen LogP contribution in [0.1, 0.15) is 10.4 Å². The standard InChI is InChI=1S/C12H17N3O3.ClH/c1-18-8-11(16)15-10-5-3-2-4-9(10)12(17)14-7-6-13;/h2-5H,6-8,13H2,1H3,(H,14,17)(H,15,16);1H. The Morgan fingerprint density at radius 1 is 1.32 bits per heavy atom. The van der Waals surface area contributed by atoms with E-state index < -0.39 is 0 Å². The van der Waals surface area contributed by atoms with E-state index in [1.54, 1.807) is 24.3 Å². The minimum atomic E-state index is -0.309. The lowest BCUT2D eigenvalue weighted by Crippen LogP contribution is -2.30. The van der Waals surface area contributed by atoms with Gasteiger partial charge in [0, 0.05) is 20.2 Å². The normalized spacial score (nSPS) is 9.37. The largest absolute Gasteiger partial charge is 0.375 e. The highest BCUT2D eigenvalue weighted by Crippen LogP contribution is 2.14. The van der Waals surface area contributed by atoms with Crippen molar-refractivity contribution < 1.29 is 14.3 Å².